The highest BCUT2D eigenvalue weighted by atomic mass is 16.6. The number of nitro benzene ring substituents is 1. The number of benzene rings is 1. The average molecular weight is 251 g/mol. The van der Waals surface area contributed by atoms with Gasteiger partial charge in [-0.1, -0.05) is 26.0 Å². The first-order valence-electron chi connectivity index (χ1n) is 5.94. The fourth-order valence-corrected chi connectivity index (χ4v) is 1.74. The normalized spacial score (nSPS) is 12.1. The molecule has 0 saturated heterocycles. The van der Waals surface area contributed by atoms with Gasteiger partial charge in [0.2, 0.25) is 0 Å². The number of aryl methyl sites for hydroxylation is 2. The SMILES string of the molecule is CCc1ccc(CCC(C)C(=O)O)cc1[N+](=O)[O-]. The number of nitrogens with zero attached hydrogens (tertiary/aromatic N) is 1. The van der Waals surface area contributed by atoms with Crippen LogP contribution in [0.4, 0.5) is 5.69 Å². The Morgan fingerprint density at radius 3 is 2.67 bits per heavy atom. The molecule has 0 aliphatic heterocycles. The minimum atomic E-state index is -0.838. The molecule has 1 atom stereocenters. The van der Waals surface area contributed by atoms with Crippen LogP contribution in [0.5, 0.6) is 0 Å². The average Bonchev–Trinajstić information content (AvgIpc) is 2.35. The molecule has 0 amide bonds. The minimum Gasteiger partial charge on any atom is -0.481 e. The van der Waals surface area contributed by atoms with E-state index in [1.165, 1.54) is 0 Å². The predicted octanol–water partition coefficient (Wildman–Crippen LogP) is 2.81. The number of aliphatic carboxylic acids is 1. The van der Waals surface area contributed by atoms with Crippen molar-refractivity contribution < 1.29 is 14.8 Å². The van der Waals surface area contributed by atoms with Crippen LogP contribution in [0.25, 0.3) is 0 Å². The van der Waals surface area contributed by atoms with Crippen LogP contribution in [0.15, 0.2) is 18.2 Å². The van der Waals surface area contributed by atoms with Crippen LogP contribution in [0, 0.1) is 16.0 Å². The number of carboxylic acid groups (broad SMARTS) is 1. The van der Waals surface area contributed by atoms with Gasteiger partial charge in [0.15, 0.2) is 0 Å². The Balaban J connectivity index is 2.82. The van der Waals surface area contributed by atoms with Gasteiger partial charge in [-0.15, -0.1) is 0 Å². The van der Waals surface area contributed by atoms with Gasteiger partial charge in [-0.2, -0.15) is 0 Å². The van der Waals surface area contributed by atoms with Crippen molar-refractivity contribution in [3.05, 3.63) is 39.4 Å². The summed E-state index contributed by atoms with van der Waals surface area (Å²) in [6.07, 6.45) is 1.64. The lowest BCUT2D eigenvalue weighted by atomic mass is 9.99. The Morgan fingerprint density at radius 1 is 1.50 bits per heavy atom. The van der Waals surface area contributed by atoms with Crippen molar-refractivity contribution in [2.45, 2.75) is 33.1 Å². The highest BCUT2D eigenvalue weighted by molar-refractivity contribution is 5.69. The summed E-state index contributed by atoms with van der Waals surface area (Å²) in [5, 5.41) is 19.7. The molecule has 1 aromatic carbocycles. The zero-order chi connectivity index (χ0) is 13.7. The van der Waals surface area contributed by atoms with Crippen molar-refractivity contribution in [2.75, 3.05) is 0 Å². The number of nitro groups is 1. The lowest BCUT2D eigenvalue weighted by molar-refractivity contribution is -0.385. The molecule has 18 heavy (non-hydrogen) atoms. The first-order chi connectivity index (χ1) is 8.45. The number of carboxylic acids is 1. The summed E-state index contributed by atoms with van der Waals surface area (Å²) < 4.78 is 0. The second-order valence-corrected chi connectivity index (χ2v) is 4.35. The Morgan fingerprint density at radius 2 is 2.17 bits per heavy atom. The van der Waals surface area contributed by atoms with Crippen LogP contribution >= 0.6 is 0 Å². The molecule has 5 nitrogen and oxygen atoms in total. The third kappa shape index (κ3) is 3.55. The smallest absolute Gasteiger partial charge is 0.306 e. The summed E-state index contributed by atoms with van der Waals surface area (Å²) in [4.78, 5) is 21.2. The molecule has 98 valence electrons. The first-order valence-corrected chi connectivity index (χ1v) is 5.94. The van der Waals surface area contributed by atoms with Gasteiger partial charge in [-0.3, -0.25) is 14.9 Å². The third-order valence-electron chi connectivity index (χ3n) is 3.01. The summed E-state index contributed by atoms with van der Waals surface area (Å²) in [7, 11) is 0. The first kappa shape index (κ1) is 14.2. The van der Waals surface area contributed by atoms with Crippen molar-refractivity contribution in [3.8, 4) is 0 Å². The zero-order valence-electron chi connectivity index (χ0n) is 10.5. The van der Waals surface area contributed by atoms with Crippen molar-refractivity contribution in [1.29, 1.82) is 0 Å². The van der Waals surface area contributed by atoms with E-state index >= 15 is 0 Å². The molecule has 0 fully saturated rings. The molecule has 0 bridgehead atoms. The topological polar surface area (TPSA) is 80.4 Å². The van der Waals surface area contributed by atoms with E-state index in [0.29, 0.717) is 24.8 Å². The van der Waals surface area contributed by atoms with E-state index in [-0.39, 0.29) is 10.6 Å². The summed E-state index contributed by atoms with van der Waals surface area (Å²) in [6, 6.07) is 5.13. The predicted molar refractivity (Wildman–Crippen MR) is 67.6 cm³/mol. The zero-order valence-corrected chi connectivity index (χ0v) is 10.5. The van der Waals surface area contributed by atoms with Gasteiger partial charge >= 0.3 is 5.97 Å². The van der Waals surface area contributed by atoms with Gasteiger partial charge in [-0.05, 0) is 24.8 Å². The molecule has 0 spiro atoms. The Bertz CT molecular complexity index is 456. The van der Waals surface area contributed by atoms with E-state index in [9.17, 15) is 14.9 Å². The fraction of sp³-hybridized carbons (Fsp3) is 0.462. The van der Waals surface area contributed by atoms with Gasteiger partial charge in [0.1, 0.15) is 0 Å². The Hall–Kier alpha value is -1.91. The minimum absolute atomic E-state index is 0.123. The maximum atomic E-state index is 10.9. The monoisotopic (exact) mass is 251 g/mol. The van der Waals surface area contributed by atoms with Crippen LogP contribution in [-0.4, -0.2) is 16.0 Å². The highest BCUT2D eigenvalue weighted by Gasteiger charge is 2.15. The molecule has 0 aromatic heterocycles. The molecular weight excluding hydrogens is 234 g/mol. The number of hydrogen-bond donors (Lipinski definition) is 1. The van der Waals surface area contributed by atoms with E-state index in [4.69, 9.17) is 5.11 Å². The molecule has 0 saturated carbocycles. The molecule has 1 N–H and O–H groups in total. The van der Waals surface area contributed by atoms with Crippen LogP contribution < -0.4 is 0 Å². The number of hydrogen-bond acceptors (Lipinski definition) is 3. The van der Waals surface area contributed by atoms with Gasteiger partial charge in [-0.25, -0.2) is 0 Å². The van der Waals surface area contributed by atoms with E-state index in [1.807, 2.05) is 13.0 Å². The molecule has 1 unspecified atom stereocenters. The van der Waals surface area contributed by atoms with E-state index < -0.39 is 11.9 Å². The van der Waals surface area contributed by atoms with Crippen LogP contribution in [-0.2, 0) is 17.6 Å². The van der Waals surface area contributed by atoms with Crippen LogP contribution in [0.2, 0.25) is 0 Å². The molecule has 0 heterocycles. The molecular formula is C13H17NO4. The summed E-state index contributed by atoms with van der Waals surface area (Å²) in [6.45, 7) is 3.51. The van der Waals surface area contributed by atoms with Gasteiger partial charge in [0.25, 0.3) is 5.69 Å². The maximum Gasteiger partial charge on any atom is 0.306 e. The lowest BCUT2D eigenvalue weighted by Gasteiger charge is -2.07. The standard InChI is InChI=1S/C13H17NO4/c1-3-11-7-6-10(8-12(11)14(17)18)5-4-9(2)13(15)16/h6-9H,3-5H2,1-2H3,(H,15,16). The van der Waals surface area contributed by atoms with Gasteiger partial charge < -0.3 is 5.11 Å². The van der Waals surface area contributed by atoms with Gasteiger partial charge in [0, 0.05) is 11.6 Å². The van der Waals surface area contributed by atoms with Crippen molar-refractivity contribution >= 4 is 11.7 Å². The lowest BCUT2D eigenvalue weighted by Crippen LogP contribution is -2.10. The van der Waals surface area contributed by atoms with Crippen molar-refractivity contribution in [3.63, 3.8) is 0 Å². The van der Waals surface area contributed by atoms with Crippen molar-refractivity contribution in [1.82, 2.24) is 0 Å². The molecule has 0 radical (unpaired) electrons. The molecule has 0 aliphatic carbocycles. The van der Waals surface area contributed by atoms with E-state index in [2.05, 4.69) is 0 Å². The summed E-state index contributed by atoms with van der Waals surface area (Å²) >= 11 is 0. The van der Waals surface area contributed by atoms with Crippen LogP contribution in [0.1, 0.15) is 31.4 Å². The van der Waals surface area contributed by atoms with E-state index in [1.54, 1.807) is 19.1 Å². The Kier molecular flexibility index (Phi) is 4.83. The molecule has 0 aliphatic rings. The number of carbonyl (C=O) groups is 1. The Labute approximate surface area is 106 Å². The second-order valence-electron chi connectivity index (χ2n) is 4.35. The summed E-state index contributed by atoms with van der Waals surface area (Å²) in [5.41, 5.74) is 1.64. The molecule has 5 heteroatoms. The molecule has 1 aromatic rings. The third-order valence-corrected chi connectivity index (χ3v) is 3.01. The van der Waals surface area contributed by atoms with Crippen LogP contribution in [0.3, 0.4) is 0 Å². The highest BCUT2D eigenvalue weighted by Crippen LogP contribution is 2.22. The second kappa shape index (κ2) is 6.14. The number of rotatable bonds is 6. The van der Waals surface area contributed by atoms with Crippen molar-refractivity contribution in [2.24, 2.45) is 5.92 Å². The summed E-state index contributed by atoms with van der Waals surface area (Å²) in [5.74, 6) is -1.27. The van der Waals surface area contributed by atoms with E-state index in [0.717, 1.165) is 5.56 Å². The molecule has 1 rings (SSSR count). The van der Waals surface area contributed by atoms with Gasteiger partial charge in [0.05, 0.1) is 10.8 Å². The quantitative estimate of drug-likeness (QED) is 0.622. The largest absolute Gasteiger partial charge is 0.481 e. The fourth-order valence-electron chi connectivity index (χ4n) is 1.74. The maximum absolute atomic E-state index is 10.9.